The van der Waals surface area contributed by atoms with Gasteiger partial charge in [-0.15, -0.1) is 0 Å². The van der Waals surface area contributed by atoms with Crippen LogP contribution in [0.1, 0.15) is 32.1 Å². The van der Waals surface area contributed by atoms with Gasteiger partial charge in [-0.2, -0.15) is 0 Å². The van der Waals surface area contributed by atoms with Crippen LogP contribution in [0.4, 0.5) is 5.82 Å². The first-order chi connectivity index (χ1) is 8.84. The van der Waals surface area contributed by atoms with Crippen molar-refractivity contribution in [3.8, 4) is 0 Å². The Labute approximate surface area is 107 Å². The monoisotopic (exact) mass is 248 g/mol. The molecule has 1 aromatic heterocycles. The van der Waals surface area contributed by atoms with Crippen LogP contribution in [0, 0.1) is 0 Å². The highest BCUT2D eigenvalue weighted by atomic mass is 16.1. The average molecular weight is 248 g/mol. The molecule has 2 N–H and O–H groups in total. The quantitative estimate of drug-likeness (QED) is 0.830. The van der Waals surface area contributed by atoms with Crippen molar-refractivity contribution in [2.45, 2.75) is 44.2 Å². The van der Waals surface area contributed by atoms with Crippen molar-refractivity contribution in [3.63, 3.8) is 0 Å². The van der Waals surface area contributed by atoms with Crippen molar-refractivity contribution < 1.29 is 0 Å². The molecular formula is C13H20N4O. The lowest BCUT2D eigenvalue weighted by Crippen LogP contribution is -2.48. The second kappa shape index (κ2) is 5.10. The zero-order chi connectivity index (χ0) is 12.4. The van der Waals surface area contributed by atoms with Crippen LogP contribution in [0.5, 0.6) is 0 Å². The Morgan fingerprint density at radius 2 is 2.28 bits per heavy atom. The Bertz CT molecular complexity index is 454. The van der Waals surface area contributed by atoms with Crippen molar-refractivity contribution in [2.75, 3.05) is 18.0 Å². The summed E-state index contributed by atoms with van der Waals surface area (Å²) in [7, 11) is 0. The molecule has 1 aromatic rings. The van der Waals surface area contributed by atoms with Gasteiger partial charge in [-0.05, 0) is 32.1 Å². The second-order valence-electron chi connectivity index (χ2n) is 5.27. The lowest BCUT2D eigenvalue weighted by atomic mass is 10.0. The summed E-state index contributed by atoms with van der Waals surface area (Å²) in [6.45, 7) is 1.91. The molecule has 2 heterocycles. The van der Waals surface area contributed by atoms with Gasteiger partial charge in [0.25, 0.3) is 5.56 Å². The number of hydrogen-bond donors (Lipinski definition) is 2. The Kier molecular flexibility index (Phi) is 3.32. The van der Waals surface area contributed by atoms with Crippen molar-refractivity contribution >= 4 is 5.82 Å². The van der Waals surface area contributed by atoms with E-state index in [9.17, 15) is 4.79 Å². The molecule has 0 spiro atoms. The van der Waals surface area contributed by atoms with E-state index in [0.717, 1.165) is 32.0 Å². The Balaban J connectivity index is 1.74. The van der Waals surface area contributed by atoms with E-state index in [2.05, 4.69) is 20.2 Å². The van der Waals surface area contributed by atoms with Crippen LogP contribution in [0.2, 0.25) is 0 Å². The number of hydrogen-bond acceptors (Lipinski definition) is 4. The maximum atomic E-state index is 11.8. The van der Waals surface area contributed by atoms with E-state index >= 15 is 0 Å². The fraction of sp³-hybridized carbons (Fsp3) is 0.692. The number of aromatic nitrogens is 2. The first kappa shape index (κ1) is 11.7. The van der Waals surface area contributed by atoms with Gasteiger partial charge in [0.2, 0.25) is 0 Å². The number of nitrogens with one attached hydrogen (secondary N) is 2. The van der Waals surface area contributed by atoms with E-state index in [-0.39, 0.29) is 5.56 Å². The van der Waals surface area contributed by atoms with Gasteiger partial charge in [0.05, 0.1) is 0 Å². The molecule has 1 unspecified atom stereocenters. The minimum absolute atomic E-state index is 0.0733. The lowest BCUT2D eigenvalue weighted by Gasteiger charge is -2.36. The van der Waals surface area contributed by atoms with Gasteiger partial charge in [-0.3, -0.25) is 4.79 Å². The summed E-state index contributed by atoms with van der Waals surface area (Å²) in [6.07, 6.45) is 9.40. The van der Waals surface area contributed by atoms with Gasteiger partial charge in [-0.1, -0.05) is 0 Å². The SMILES string of the molecule is O=c1[nH]ccnc1N1CCCCC1CNC1CC1. The third-order valence-electron chi connectivity index (χ3n) is 3.81. The number of aromatic amines is 1. The van der Waals surface area contributed by atoms with Gasteiger partial charge in [0.1, 0.15) is 0 Å². The molecular weight excluding hydrogens is 228 g/mol. The Morgan fingerprint density at radius 3 is 3.06 bits per heavy atom. The second-order valence-corrected chi connectivity index (χ2v) is 5.27. The Hall–Kier alpha value is -1.36. The van der Waals surface area contributed by atoms with Gasteiger partial charge in [0.15, 0.2) is 5.82 Å². The number of piperidine rings is 1. The predicted octanol–water partition coefficient (Wildman–Crippen LogP) is 0.881. The molecule has 3 rings (SSSR count). The first-order valence-electron chi connectivity index (χ1n) is 6.88. The van der Waals surface area contributed by atoms with E-state index in [1.807, 2.05) is 0 Å². The highest BCUT2D eigenvalue weighted by Crippen LogP contribution is 2.22. The van der Waals surface area contributed by atoms with Crippen LogP contribution >= 0.6 is 0 Å². The number of H-pyrrole nitrogens is 1. The van der Waals surface area contributed by atoms with E-state index in [1.165, 1.54) is 19.3 Å². The highest BCUT2D eigenvalue weighted by Gasteiger charge is 2.28. The predicted molar refractivity (Wildman–Crippen MR) is 70.9 cm³/mol. The van der Waals surface area contributed by atoms with Crippen LogP contribution in [0.25, 0.3) is 0 Å². The van der Waals surface area contributed by atoms with Crippen molar-refractivity contribution in [2.24, 2.45) is 0 Å². The first-order valence-corrected chi connectivity index (χ1v) is 6.88. The molecule has 1 saturated carbocycles. The molecule has 2 aliphatic rings. The number of anilines is 1. The molecule has 2 fully saturated rings. The minimum Gasteiger partial charge on any atom is -0.348 e. The Morgan fingerprint density at radius 1 is 1.39 bits per heavy atom. The molecule has 0 radical (unpaired) electrons. The van der Waals surface area contributed by atoms with E-state index < -0.39 is 0 Å². The van der Waals surface area contributed by atoms with E-state index in [4.69, 9.17) is 0 Å². The summed E-state index contributed by atoms with van der Waals surface area (Å²) in [5, 5.41) is 3.56. The fourth-order valence-electron chi connectivity index (χ4n) is 2.63. The summed E-state index contributed by atoms with van der Waals surface area (Å²) >= 11 is 0. The summed E-state index contributed by atoms with van der Waals surface area (Å²) in [5.74, 6) is 0.583. The zero-order valence-electron chi connectivity index (χ0n) is 10.6. The largest absolute Gasteiger partial charge is 0.348 e. The average Bonchev–Trinajstić information content (AvgIpc) is 3.22. The van der Waals surface area contributed by atoms with Gasteiger partial charge in [-0.25, -0.2) is 4.98 Å². The molecule has 0 bridgehead atoms. The molecule has 1 atom stereocenters. The van der Waals surface area contributed by atoms with Crippen LogP contribution in [-0.2, 0) is 0 Å². The maximum Gasteiger partial charge on any atom is 0.290 e. The highest BCUT2D eigenvalue weighted by molar-refractivity contribution is 5.37. The molecule has 0 aromatic carbocycles. The smallest absolute Gasteiger partial charge is 0.290 e. The van der Waals surface area contributed by atoms with Gasteiger partial charge in [0, 0.05) is 37.6 Å². The summed E-state index contributed by atoms with van der Waals surface area (Å²) in [4.78, 5) is 21.0. The minimum atomic E-state index is -0.0733. The topological polar surface area (TPSA) is 61.0 Å². The molecule has 18 heavy (non-hydrogen) atoms. The maximum absolute atomic E-state index is 11.8. The summed E-state index contributed by atoms with van der Waals surface area (Å²) < 4.78 is 0. The molecule has 98 valence electrons. The lowest BCUT2D eigenvalue weighted by molar-refractivity contribution is 0.430. The van der Waals surface area contributed by atoms with Crippen LogP contribution in [-0.4, -0.2) is 35.1 Å². The van der Waals surface area contributed by atoms with Crippen molar-refractivity contribution in [1.29, 1.82) is 0 Å². The van der Waals surface area contributed by atoms with Gasteiger partial charge >= 0.3 is 0 Å². The number of nitrogens with zero attached hydrogens (tertiary/aromatic N) is 2. The van der Waals surface area contributed by atoms with Crippen molar-refractivity contribution in [3.05, 3.63) is 22.7 Å². The van der Waals surface area contributed by atoms with E-state index in [1.54, 1.807) is 12.4 Å². The van der Waals surface area contributed by atoms with Crippen LogP contribution in [0.15, 0.2) is 17.2 Å². The van der Waals surface area contributed by atoms with Gasteiger partial charge < -0.3 is 15.2 Å². The normalized spacial score (nSPS) is 24.2. The van der Waals surface area contributed by atoms with Crippen LogP contribution in [0.3, 0.4) is 0 Å². The fourth-order valence-corrected chi connectivity index (χ4v) is 2.63. The summed E-state index contributed by atoms with van der Waals surface area (Å²) in [5.41, 5.74) is -0.0733. The zero-order valence-corrected chi connectivity index (χ0v) is 10.6. The van der Waals surface area contributed by atoms with Crippen molar-refractivity contribution in [1.82, 2.24) is 15.3 Å². The number of rotatable bonds is 4. The molecule has 5 nitrogen and oxygen atoms in total. The van der Waals surface area contributed by atoms with E-state index in [0.29, 0.717) is 11.9 Å². The van der Waals surface area contributed by atoms with Crippen LogP contribution < -0.4 is 15.8 Å². The third kappa shape index (κ3) is 2.56. The molecule has 5 heteroatoms. The molecule has 1 saturated heterocycles. The molecule has 0 amide bonds. The molecule has 1 aliphatic heterocycles. The third-order valence-corrected chi connectivity index (χ3v) is 3.81. The standard InChI is InChI=1S/C13H20N4O/c18-13-12(14-6-7-15-13)17-8-2-1-3-11(17)9-16-10-4-5-10/h6-7,10-11,16H,1-5,8-9H2,(H,15,18). The summed E-state index contributed by atoms with van der Waals surface area (Å²) in [6, 6.07) is 1.13. The molecule has 1 aliphatic carbocycles.